The van der Waals surface area contributed by atoms with E-state index in [9.17, 15) is 13.6 Å². The second kappa shape index (κ2) is 9.41. The number of carbonyl (C=O) groups excluding carboxylic acids is 1. The van der Waals surface area contributed by atoms with E-state index in [0.29, 0.717) is 0 Å². The summed E-state index contributed by atoms with van der Waals surface area (Å²) in [4.78, 5) is 24.2. The third-order valence-electron chi connectivity index (χ3n) is 3.65. The number of para-hydroxylation sites is 1. The Kier molecular flexibility index (Phi) is 6.48. The van der Waals surface area contributed by atoms with Gasteiger partial charge in [0.1, 0.15) is 30.8 Å². The Labute approximate surface area is 169 Å². The number of rotatable bonds is 7. The van der Waals surface area contributed by atoms with Gasteiger partial charge in [-0.25, -0.2) is 9.18 Å². The Hall–Kier alpha value is -4.08. The SMILES string of the molecule is CON=C(C(=O)OC)c1ccccc1Oc1ncnc(Oc2cccc(F)c2)c1F. The molecule has 0 bridgehead atoms. The van der Waals surface area contributed by atoms with E-state index in [2.05, 4.69) is 24.7 Å². The van der Waals surface area contributed by atoms with E-state index in [4.69, 9.17) is 9.47 Å². The molecule has 0 spiro atoms. The van der Waals surface area contributed by atoms with Gasteiger partial charge in [-0.15, -0.1) is 0 Å². The molecule has 2 aromatic carbocycles. The smallest absolute Gasteiger partial charge is 0.360 e. The first-order valence-electron chi connectivity index (χ1n) is 8.44. The minimum atomic E-state index is -1.03. The van der Waals surface area contributed by atoms with Gasteiger partial charge in [-0.3, -0.25) is 0 Å². The standard InChI is InChI=1S/C20H15F2N3O5/c1-27-20(26)17(25-28-2)14-8-3-4-9-15(14)30-19-16(22)18(23-11-24-19)29-13-7-5-6-12(21)10-13/h3-11H,1-2H3. The van der Waals surface area contributed by atoms with Crippen molar-refractivity contribution in [1.29, 1.82) is 0 Å². The van der Waals surface area contributed by atoms with E-state index >= 15 is 0 Å². The highest BCUT2D eigenvalue weighted by Gasteiger charge is 2.22. The van der Waals surface area contributed by atoms with Crippen LogP contribution in [0.25, 0.3) is 0 Å². The van der Waals surface area contributed by atoms with Gasteiger partial charge in [0.25, 0.3) is 11.8 Å². The molecule has 0 unspecified atom stereocenters. The Morgan fingerprint density at radius 3 is 2.40 bits per heavy atom. The van der Waals surface area contributed by atoms with Gasteiger partial charge in [0.2, 0.25) is 5.82 Å². The third kappa shape index (κ3) is 4.66. The molecule has 8 nitrogen and oxygen atoms in total. The van der Waals surface area contributed by atoms with E-state index in [0.717, 1.165) is 12.4 Å². The molecule has 3 rings (SSSR count). The maximum Gasteiger partial charge on any atom is 0.360 e. The summed E-state index contributed by atoms with van der Waals surface area (Å²) in [6.07, 6.45) is 1.01. The van der Waals surface area contributed by atoms with Crippen LogP contribution in [0.3, 0.4) is 0 Å². The highest BCUT2D eigenvalue weighted by Crippen LogP contribution is 2.31. The van der Waals surface area contributed by atoms with Crippen molar-refractivity contribution in [2.45, 2.75) is 0 Å². The van der Waals surface area contributed by atoms with Crippen LogP contribution in [-0.2, 0) is 14.4 Å². The summed E-state index contributed by atoms with van der Waals surface area (Å²) in [6.45, 7) is 0. The van der Waals surface area contributed by atoms with E-state index in [-0.39, 0.29) is 22.8 Å². The maximum atomic E-state index is 14.8. The highest BCUT2D eigenvalue weighted by molar-refractivity contribution is 6.43. The molecule has 0 aliphatic carbocycles. The molecule has 0 saturated heterocycles. The van der Waals surface area contributed by atoms with Crippen molar-refractivity contribution in [3.63, 3.8) is 0 Å². The average molecular weight is 415 g/mol. The zero-order valence-corrected chi connectivity index (χ0v) is 15.8. The molecule has 154 valence electrons. The molecule has 3 aromatic rings. The van der Waals surface area contributed by atoms with Crippen molar-refractivity contribution >= 4 is 11.7 Å². The van der Waals surface area contributed by atoms with Crippen LogP contribution in [0.1, 0.15) is 5.56 Å². The summed E-state index contributed by atoms with van der Waals surface area (Å²) in [5.74, 6) is -3.23. The van der Waals surface area contributed by atoms with Gasteiger partial charge in [0.15, 0.2) is 5.71 Å². The van der Waals surface area contributed by atoms with Crippen LogP contribution >= 0.6 is 0 Å². The number of methoxy groups -OCH3 is 1. The molecule has 1 heterocycles. The summed E-state index contributed by atoms with van der Waals surface area (Å²) in [5.41, 5.74) is -0.0156. The van der Waals surface area contributed by atoms with Crippen molar-refractivity contribution in [2.75, 3.05) is 14.2 Å². The Morgan fingerprint density at radius 2 is 1.70 bits per heavy atom. The maximum absolute atomic E-state index is 14.8. The number of hydrogen-bond acceptors (Lipinski definition) is 8. The first-order chi connectivity index (χ1) is 14.5. The van der Waals surface area contributed by atoms with Crippen LogP contribution in [0.2, 0.25) is 0 Å². The van der Waals surface area contributed by atoms with Crippen LogP contribution in [0.15, 0.2) is 60.0 Å². The second-order valence-electron chi connectivity index (χ2n) is 5.57. The average Bonchev–Trinajstić information content (AvgIpc) is 2.75. The number of halogens is 2. The van der Waals surface area contributed by atoms with Gasteiger partial charge < -0.3 is 19.0 Å². The van der Waals surface area contributed by atoms with Crippen LogP contribution in [0.4, 0.5) is 8.78 Å². The van der Waals surface area contributed by atoms with E-state index < -0.39 is 29.4 Å². The third-order valence-corrected chi connectivity index (χ3v) is 3.65. The Bertz CT molecular complexity index is 1090. The predicted octanol–water partition coefficient (Wildman–Crippen LogP) is 3.86. The summed E-state index contributed by atoms with van der Waals surface area (Å²) in [6, 6.07) is 11.3. The second-order valence-corrected chi connectivity index (χ2v) is 5.57. The number of hydrogen-bond donors (Lipinski definition) is 0. The zero-order chi connectivity index (χ0) is 21.5. The lowest BCUT2D eigenvalue weighted by atomic mass is 10.1. The fraction of sp³-hybridized carbons (Fsp3) is 0.100. The summed E-state index contributed by atoms with van der Waals surface area (Å²) in [5, 5.41) is 3.65. The molecule has 1 aromatic heterocycles. The van der Waals surface area contributed by atoms with Gasteiger partial charge in [0, 0.05) is 6.07 Å². The van der Waals surface area contributed by atoms with Crippen LogP contribution in [0, 0.1) is 11.6 Å². The molecule has 0 fully saturated rings. The van der Waals surface area contributed by atoms with Gasteiger partial charge >= 0.3 is 5.97 Å². The van der Waals surface area contributed by atoms with E-state index in [1.807, 2.05) is 0 Å². The summed E-state index contributed by atoms with van der Waals surface area (Å²) in [7, 11) is 2.43. The lowest BCUT2D eigenvalue weighted by Gasteiger charge is -2.12. The van der Waals surface area contributed by atoms with Crippen molar-refractivity contribution in [2.24, 2.45) is 5.16 Å². The molecule has 0 aliphatic heterocycles. The first-order valence-corrected chi connectivity index (χ1v) is 8.44. The lowest BCUT2D eigenvalue weighted by molar-refractivity contribution is -0.132. The van der Waals surface area contributed by atoms with Gasteiger partial charge in [-0.05, 0) is 24.3 Å². The topological polar surface area (TPSA) is 92.1 Å². The molecule has 0 saturated carbocycles. The quantitative estimate of drug-likeness (QED) is 0.329. The first kappa shape index (κ1) is 20.6. The van der Waals surface area contributed by atoms with Crippen LogP contribution in [-0.4, -0.2) is 35.9 Å². The molecular formula is C20H15F2N3O5. The summed E-state index contributed by atoms with van der Waals surface area (Å²) >= 11 is 0. The number of esters is 1. The van der Waals surface area contributed by atoms with Gasteiger partial charge in [0.05, 0.1) is 12.7 Å². The van der Waals surface area contributed by atoms with Crippen LogP contribution in [0.5, 0.6) is 23.3 Å². The fourth-order valence-corrected chi connectivity index (χ4v) is 2.36. The molecule has 0 atom stereocenters. The predicted molar refractivity (Wildman–Crippen MR) is 101 cm³/mol. The normalized spacial score (nSPS) is 11.0. The van der Waals surface area contributed by atoms with Crippen molar-refractivity contribution in [1.82, 2.24) is 9.97 Å². The number of aromatic nitrogens is 2. The van der Waals surface area contributed by atoms with E-state index in [1.54, 1.807) is 12.1 Å². The molecule has 0 radical (unpaired) electrons. The minimum absolute atomic E-state index is 0.0409. The highest BCUT2D eigenvalue weighted by atomic mass is 19.1. The fourth-order valence-electron chi connectivity index (χ4n) is 2.36. The molecular weight excluding hydrogens is 400 g/mol. The molecule has 0 N–H and O–H groups in total. The lowest BCUT2D eigenvalue weighted by Crippen LogP contribution is -2.18. The molecule has 30 heavy (non-hydrogen) atoms. The molecule has 10 heteroatoms. The number of benzene rings is 2. The molecule has 0 amide bonds. The Balaban J connectivity index is 1.94. The number of oxime groups is 1. The van der Waals surface area contributed by atoms with Crippen molar-refractivity contribution in [3.8, 4) is 23.3 Å². The summed E-state index contributed by atoms with van der Waals surface area (Å²) < 4.78 is 43.7. The van der Waals surface area contributed by atoms with E-state index in [1.165, 1.54) is 44.6 Å². The number of carbonyl (C=O) groups is 1. The van der Waals surface area contributed by atoms with Gasteiger partial charge in [-0.1, -0.05) is 23.4 Å². The Morgan fingerprint density at radius 1 is 0.967 bits per heavy atom. The molecule has 0 aliphatic rings. The van der Waals surface area contributed by atoms with Crippen LogP contribution < -0.4 is 9.47 Å². The number of nitrogens with zero attached hydrogens (tertiary/aromatic N) is 3. The van der Waals surface area contributed by atoms with Crippen molar-refractivity contribution in [3.05, 3.63) is 72.1 Å². The van der Waals surface area contributed by atoms with Crippen molar-refractivity contribution < 1.29 is 32.6 Å². The number of ether oxygens (including phenoxy) is 3. The minimum Gasteiger partial charge on any atom is -0.464 e. The largest absolute Gasteiger partial charge is 0.464 e. The monoisotopic (exact) mass is 415 g/mol. The zero-order valence-electron chi connectivity index (χ0n) is 15.8. The van der Waals surface area contributed by atoms with Gasteiger partial charge in [-0.2, -0.15) is 14.4 Å².